The molecule has 0 aliphatic heterocycles. The van der Waals surface area contributed by atoms with Crippen LogP contribution in [-0.2, 0) is 6.42 Å². The molecule has 0 N–H and O–H groups in total. The number of rotatable bonds is 5. The fourth-order valence-corrected chi connectivity index (χ4v) is 4.71. The number of halogens is 1. The molecule has 1 heteroatoms. The van der Waals surface area contributed by atoms with E-state index in [9.17, 15) is 4.39 Å². The van der Waals surface area contributed by atoms with Crippen molar-refractivity contribution in [3.05, 3.63) is 93.9 Å². The molecule has 1 aliphatic carbocycles. The number of aryl methyl sites for hydroxylation is 4. The van der Waals surface area contributed by atoms with Crippen LogP contribution in [0.15, 0.2) is 65.8 Å². The second-order valence-electron chi connectivity index (χ2n) is 8.74. The zero-order valence-electron chi connectivity index (χ0n) is 18.5. The van der Waals surface area contributed by atoms with E-state index in [4.69, 9.17) is 0 Å². The van der Waals surface area contributed by atoms with Gasteiger partial charge in [-0.2, -0.15) is 0 Å². The van der Waals surface area contributed by atoms with Crippen LogP contribution in [0, 0.1) is 32.5 Å². The SMILES string of the molecule is C=C(/C=C1/CC(C)C/C1=C/C)CCc1cc(-c2c(C)cc(C)cc2C)ccc1F. The van der Waals surface area contributed by atoms with Gasteiger partial charge in [0.05, 0.1) is 0 Å². The van der Waals surface area contributed by atoms with Crippen molar-refractivity contribution in [2.75, 3.05) is 0 Å². The quantitative estimate of drug-likeness (QED) is 0.484. The summed E-state index contributed by atoms with van der Waals surface area (Å²) in [5, 5.41) is 0. The van der Waals surface area contributed by atoms with Gasteiger partial charge in [-0.15, -0.1) is 0 Å². The molecule has 0 bridgehead atoms. The predicted octanol–water partition coefficient (Wildman–Crippen LogP) is 8.21. The van der Waals surface area contributed by atoms with E-state index in [0.29, 0.717) is 12.3 Å². The van der Waals surface area contributed by atoms with Crippen molar-refractivity contribution in [1.29, 1.82) is 0 Å². The van der Waals surface area contributed by atoms with E-state index < -0.39 is 0 Å². The first-order valence-electron chi connectivity index (χ1n) is 10.7. The Morgan fingerprint density at radius 3 is 2.38 bits per heavy atom. The molecule has 1 aliphatic rings. The third-order valence-electron chi connectivity index (χ3n) is 6.00. The van der Waals surface area contributed by atoms with Crippen molar-refractivity contribution in [2.45, 2.75) is 60.3 Å². The Balaban J connectivity index is 1.79. The summed E-state index contributed by atoms with van der Waals surface area (Å²) in [6.07, 6.45) is 8.18. The van der Waals surface area contributed by atoms with Crippen LogP contribution >= 0.6 is 0 Å². The fourth-order valence-electron chi connectivity index (χ4n) is 4.71. The van der Waals surface area contributed by atoms with Gasteiger partial charge >= 0.3 is 0 Å². The monoisotopic (exact) mass is 388 g/mol. The number of hydrogen-bond donors (Lipinski definition) is 0. The molecule has 1 atom stereocenters. The zero-order valence-corrected chi connectivity index (χ0v) is 18.5. The molecule has 29 heavy (non-hydrogen) atoms. The molecule has 1 saturated carbocycles. The van der Waals surface area contributed by atoms with Crippen molar-refractivity contribution >= 4 is 0 Å². The molecular formula is C28H33F. The van der Waals surface area contributed by atoms with Crippen LogP contribution in [0.1, 0.15) is 55.4 Å². The normalized spacial score (nSPS) is 19.3. The van der Waals surface area contributed by atoms with E-state index in [1.54, 1.807) is 6.07 Å². The first-order valence-corrected chi connectivity index (χ1v) is 10.7. The summed E-state index contributed by atoms with van der Waals surface area (Å²) in [5.74, 6) is 0.579. The minimum Gasteiger partial charge on any atom is -0.207 e. The Bertz CT molecular complexity index is 964. The van der Waals surface area contributed by atoms with Crippen molar-refractivity contribution in [3.8, 4) is 11.1 Å². The minimum absolute atomic E-state index is 0.125. The summed E-state index contributed by atoms with van der Waals surface area (Å²) in [6.45, 7) is 15.0. The topological polar surface area (TPSA) is 0 Å². The van der Waals surface area contributed by atoms with E-state index in [1.807, 2.05) is 12.1 Å². The van der Waals surface area contributed by atoms with Crippen LogP contribution in [0.2, 0.25) is 0 Å². The van der Waals surface area contributed by atoms with Gasteiger partial charge in [-0.05, 0) is 110 Å². The molecule has 0 spiro atoms. The molecule has 0 radical (unpaired) electrons. The van der Waals surface area contributed by atoms with E-state index in [0.717, 1.165) is 36.0 Å². The van der Waals surface area contributed by atoms with Crippen LogP contribution in [-0.4, -0.2) is 0 Å². The molecule has 3 rings (SSSR count). The molecule has 0 saturated heterocycles. The molecule has 0 aromatic heterocycles. The summed E-state index contributed by atoms with van der Waals surface area (Å²) in [4.78, 5) is 0. The Morgan fingerprint density at radius 2 is 1.72 bits per heavy atom. The zero-order chi connectivity index (χ0) is 21.1. The molecule has 1 fully saturated rings. The first kappa shape index (κ1) is 21.3. The summed E-state index contributed by atoms with van der Waals surface area (Å²) < 4.78 is 14.5. The lowest BCUT2D eigenvalue weighted by Gasteiger charge is -2.14. The predicted molar refractivity (Wildman–Crippen MR) is 124 cm³/mol. The van der Waals surface area contributed by atoms with Gasteiger partial charge in [0.2, 0.25) is 0 Å². The largest absolute Gasteiger partial charge is 0.207 e. The molecular weight excluding hydrogens is 355 g/mol. The second-order valence-corrected chi connectivity index (χ2v) is 8.74. The van der Waals surface area contributed by atoms with Gasteiger partial charge in [-0.25, -0.2) is 4.39 Å². The van der Waals surface area contributed by atoms with E-state index in [1.165, 1.54) is 33.4 Å². The second kappa shape index (κ2) is 8.95. The van der Waals surface area contributed by atoms with Crippen LogP contribution in [0.25, 0.3) is 11.1 Å². The van der Waals surface area contributed by atoms with Crippen LogP contribution < -0.4 is 0 Å². The summed E-state index contributed by atoms with van der Waals surface area (Å²) in [7, 11) is 0. The van der Waals surface area contributed by atoms with E-state index in [-0.39, 0.29) is 5.82 Å². The van der Waals surface area contributed by atoms with Gasteiger partial charge < -0.3 is 0 Å². The molecule has 2 aromatic carbocycles. The van der Waals surface area contributed by atoms with Gasteiger partial charge in [0.25, 0.3) is 0 Å². The number of hydrogen-bond acceptors (Lipinski definition) is 0. The van der Waals surface area contributed by atoms with Crippen LogP contribution in [0.3, 0.4) is 0 Å². The lowest BCUT2D eigenvalue weighted by molar-refractivity contribution is 0.609. The first-order chi connectivity index (χ1) is 13.8. The third kappa shape index (κ3) is 4.96. The maximum Gasteiger partial charge on any atom is 0.126 e. The van der Waals surface area contributed by atoms with E-state index >= 15 is 0 Å². The summed E-state index contributed by atoms with van der Waals surface area (Å²) >= 11 is 0. The highest BCUT2D eigenvalue weighted by Gasteiger charge is 2.19. The van der Waals surface area contributed by atoms with Crippen molar-refractivity contribution in [2.24, 2.45) is 5.92 Å². The smallest absolute Gasteiger partial charge is 0.126 e. The lowest BCUT2D eigenvalue weighted by atomic mass is 9.92. The lowest BCUT2D eigenvalue weighted by Crippen LogP contribution is -1.96. The average molecular weight is 389 g/mol. The molecule has 0 amide bonds. The van der Waals surface area contributed by atoms with Crippen molar-refractivity contribution < 1.29 is 4.39 Å². The molecule has 152 valence electrons. The third-order valence-corrected chi connectivity index (χ3v) is 6.00. The van der Waals surface area contributed by atoms with Crippen LogP contribution in [0.4, 0.5) is 4.39 Å². The van der Waals surface area contributed by atoms with Crippen LogP contribution in [0.5, 0.6) is 0 Å². The van der Waals surface area contributed by atoms with Gasteiger partial charge in [0.15, 0.2) is 0 Å². The van der Waals surface area contributed by atoms with Crippen molar-refractivity contribution in [3.63, 3.8) is 0 Å². The average Bonchev–Trinajstić information content (AvgIpc) is 3.00. The Morgan fingerprint density at radius 1 is 1.07 bits per heavy atom. The van der Waals surface area contributed by atoms with Gasteiger partial charge in [-0.1, -0.05) is 55.0 Å². The summed E-state index contributed by atoms with van der Waals surface area (Å²) in [5.41, 5.74) is 10.8. The van der Waals surface area contributed by atoms with E-state index in [2.05, 4.69) is 65.5 Å². The molecule has 2 aromatic rings. The molecule has 1 unspecified atom stereocenters. The highest BCUT2D eigenvalue weighted by atomic mass is 19.1. The number of benzene rings is 2. The standard InChI is InChI=1S/C28H33F/c1-7-23-15-20(4)16-26(23)14-18(2)8-9-24-17-25(10-11-27(24)29)28-21(5)12-19(3)13-22(28)6/h7,10-14,17,20H,2,8-9,15-16H2,1,3-6H3/b23-7-,26-14-. The number of allylic oxidation sites excluding steroid dienone is 5. The highest BCUT2D eigenvalue weighted by molar-refractivity contribution is 5.72. The van der Waals surface area contributed by atoms with Gasteiger partial charge in [0, 0.05) is 0 Å². The van der Waals surface area contributed by atoms with Crippen molar-refractivity contribution in [1.82, 2.24) is 0 Å². The summed E-state index contributed by atoms with van der Waals surface area (Å²) in [6, 6.07) is 9.93. The fraction of sp³-hybridized carbons (Fsp3) is 0.357. The maximum absolute atomic E-state index is 14.5. The highest BCUT2D eigenvalue weighted by Crippen LogP contribution is 2.36. The Kier molecular flexibility index (Phi) is 6.57. The Hall–Kier alpha value is -2.41. The molecule has 0 nitrogen and oxygen atoms in total. The van der Waals surface area contributed by atoms with Gasteiger partial charge in [0.1, 0.15) is 5.82 Å². The van der Waals surface area contributed by atoms with Gasteiger partial charge in [-0.3, -0.25) is 0 Å². The maximum atomic E-state index is 14.5. The minimum atomic E-state index is -0.125. The Labute approximate surface area is 175 Å². The molecule has 0 heterocycles.